The van der Waals surface area contributed by atoms with Crippen LogP contribution >= 0.6 is 0 Å². The smallest absolute Gasteiger partial charge is 0.269 e. The van der Waals surface area contributed by atoms with Crippen molar-refractivity contribution in [2.24, 2.45) is 0 Å². The van der Waals surface area contributed by atoms with Gasteiger partial charge in [0.25, 0.3) is 5.69 Å². The molecular weight excluding hydrogens is 248 g/mol. The molecular formula is C13H16N2O4. The maximum Gasteiger partial charge on any atom is 0.269 e. The van der Waals surface area contributed by atoms with Crippen LogP contribution < -0.4 is 0 Å². The Morgan fingerprint density at radius 3 is 2.47 bits per heavy atom. The average molecular weight is 264 g/mol. The van der Waals surface area contributed by atoms with Crippen molar-refractivity contribution in [1.82, 2.24) is 4.90 Å². The summed E-state index contributed by atoms with van der Waals surface area (Å²) in [6.45, 7) is 0.318. The van der Waals surface area contributed by atoms with Crippen molar-refractivity contribution in [3.05, 3.63) is 39.9 Å². The predicted molar refractivity (Wildman–Crippen MR) is 68.6 cm³/mol. The SMILES string of the molecule is O=C(Cc1ccc([N+](=O)[O-])cc1)N(CCO)C1CC1. The van der Waals surface area contributed by atoms with Gasteiger partial charge < -0.3 is 10.0 Å². The number of aliphatic hydroxyl groups excluding tert-OH is 1. The molecule has 1 amide bonds. The van der Waals surface area contributed by atoms with Gasteiger partial charge in [0.2, 0.25) is 5.91 Å². The number of benzene rings is 1. The zero-order chi connectivity index (χ0) is 13.8. The highest BCUT2D eigenvalue weighted by molar-refractivity contribution is 5.79. The molecule has 0 spiro atoms. The zero-order valence-corrected chi connectivity index (χ0v) is 10.5. The summed E-state index contributed by atoms with van der Waals surface area (Å²) in [7, 11) is 0. The predicted octanol–water partition coefficient (Wildman–Crippen LogP) is 1.12. The molecule has 2 rings (SSSR count). The quantitative estimate of drug-likeness (QED) is 0.616. The van der Waals surface area contributed by atoms with Crippen LogP contribution in [0.2, 0.25) is 0 Å². The van der Waals surface area contributed by atoms with E-state index in [9.17, 15) is 14.9 Å². The number of rotatable bonds is 6. The van der Waals surface area contributed by atoms with E-state index in [-0.39, 0.29) is 30.7 Å². The van der Waals surface area contributed by atoms with Crippen molar-refractivity contribution in [2.75, 3.05) is 13.2 Å². The van der Waals surface area contributed by atoms with E-state index >= 15 is 0 Å². The Bertz CT molecular complexity index is 468. The first-order valence-electron chi connectivity index (χ1n) is 6.25. The lowest BCUT2D eigenvalue weighted by atomic mass is 10.1. The fourth-order valence-corrected chi connectivity index (χ4v) is 2.02. The monoisotopic (exact) mass is 264 g/mol. The van der Waals surface area contributed by atoms with E-state index in [0.717, 1.165) is 18.4 Å². The highest BCUT2D eigenvalue weighted by Gasteiger charge is 2.31. The molecule has 0 aromatic heterocycles. The number of nitro benzene ring substituents is 1. The Hall–Kier alpha value is -1.95. The van der Waals surface area contributed by atoms with Gasteiger partial charge in [-0.2, -0.15) is 0 Å². The zero-order valence-electron chi connectivity index (χ0n) is 10.5. The number of carbonyl (C=O) groups excluding carboxylic acids is 1. The van der Waals surface area contributed by atoms with Crippen LogP contribution in [0.25, 0.3) is 0 Å². The van der Waals surface area contributed by atoms with Crippen molar-refractivity contribution >= 4 is 11.6 Å². The van der Waals surface area contributed by atoms with Crippen LogP contribution in [-0.2, 0) is 11.2 Å². The first-order valence-corrected chi connectivity index (χ1v) is 6.25. The Balaban J connectivity index is 1.99. The molecule has 0 radical (unpaired) electrons. The lowest BCUT2D eigenvalue weighted by Gasteiger charge is -2.21. The van der Waals surface area contributed by atoms with Crippen LogP contribution in [0.15, 0.2) is 24.3 Å². The number of non-ortho nitro benzene ring substituents is 1. The first-order chi connectivity index (χ1) is 9.11. The third-order valence-electron chi connectivity index (χ3n) is 3.15. The number of nitro groups is 1. The van der Waals surface area contributed by atoms with Crippen LogP contribution in [0.4, 0.5) is 5.69 Å². The van der Waals surface area contributed by atoms with E-state index < -0.39 is 4.92 Å². The Kier molecular flexibility index (Phi) is 4.11. The number of aliphatic hydroxyl groups is 1. The summed E-state index contributed by atoms with van der Waals surface area (Å²) in [5.74, 6) is -0.0367. The third-order valence-corrected chi connectivity index (χ3v) is 3.15. The van der Waals surface area contributed by atoms with Crippen LogP contribution in [0.5, 0.6) is 0 Å². The first kappa shape index (κ1) is 13.5. The molecule has 0 saturated heterocycles. The summed E-state index contributed by atoms with van der Waals surface area (Å²) >= 11 is 0. The summed E-state index contributed by atoms with van der Waals surface area (Å²) in [4.78, 5) is 23.8. The number of hydrogen-bond acceptors (Lipinski definition) is 4. The second kappa shape index (κ2) is 5.79. The number of carbonyl (C=O) groups is 1. The van der Waals surface area contributed by atoms with Gasteiger partial charge in [-0.15, -0.1) is 0 Å². The third kappa shape index (κ3) is 3.51. The molecule has 0 atom stereocenters. The molecule has 1 fully saturated rings. The minimum Gasteiger partial charge on any atom is -0.395 e. The molecule has 0 bridgehead atoms. The second-order valence-corrected chi connectivity index (χ2v) is 4.64. The maximum atomic E-state index is 12.1. The Morgan fingerprint density at radius 2 is 2.00 bits per heavy atom. The van der Waals surface area contributed by atoms with Crippen LogP contribution in [0.1, 0.15) is 18.4 Å². The van der Waals surface area contributed by atoms with E-state index in [4.69, 9.17) is 5.11 Å². The van der Waals surface area contributed by atoms with Gasteiger partial charge in [-0.25, -0.2) is 0 Å². The molecule has 0 heterocycles. The number of hydrogen-bond donors (Lipinski definition) is 1. The molecule has 1 aromatic rings. The number of nitrogens with zero attached hydrogens (tertiary/aromatic N) is 2. The van der Waals surface area contributed by atoms with Gasteiger partial charge in [-0.1, -0.05) is 12.1 Å². The Morgan fingerprint density at radius 1 is 1.37 bits per heavy atom. The Labute approximate surface area is 110 Å². The molecule has 102 valence electrons. The van der Waals surface area contributed by atoms with Crippen molar-refractivity contribution in [3.8, 4) is 0 Å². The summed E-state index contributed by atoms with van der Waals surface area (Å²) in [6.07, 6.45) is 2.20. The minimum atomic E-state index is -0.464. The summed E-state index contributed by atoms with van der Waals surface area (Å²) < 4.78 is 0. The lowest BCUT2D eigenvalue weighted by Crippen LogP contribution is -2.36. The van der Waals surface area contributed by atoms with Crippen LogP contribution in [0.3, 0.4) is 0 Å². The molecule has 0 unspecified atom stereocenters. The normalized spacial score (nSPS) is 14.2. The molecule has 1 aliphatic carbocycles. The highest BCUT2D eigenvalue weighted by Crippen LogP contribution is 2.27. The molecule has 1 saturated carbocycles. The van der Waals surface area contributed by atoms with Gasteiger partial charge >= 0.3 is 0 Å². The molecule has 19 heavy (non-hydrogen) atoms. The molecule has 1 N–H and O–H groups in total. The highest BCUT2D eigenvalue weighted by atomic mass is 16.6. The topological polar surface area (TPSA) is 83.7 Å². The van der Waals surface area contributed by atoms with Gasteiger partial charge in [0.15, 0.2) is 0 Å². The largest absolute Gasteiger partial charge is 0.395 e. The van der Waals surface area contributed by atoms with Gasteiger partial charge in [-0.05, 0) is 18.4 Å². The molecule has 1 aliphatic rings. The van der Waals surface area contributed by atoms with E-state index in [0.29, 0.717) is 6.54 Å². The standard InChI is InChI=1S/C13H16N2O4/c16-8-7-14(11-5-6-11)13(17)9-10-1-3-12(4-2-10)15(18)19/h1-4,11,16H,5-9H2. The fraction of sp³-hybridized carbons (Fsp3) is 0.462. The fourth-order valence-electron chi connectivity index (χ4n) is 2.02. The lowest BCUT2D eigenvalue weighted by molar-refractivity contribution is -0.384. The minimum absolute atomic E-state index is 0.0191. The molecule has 6 heteroatoms. The maximum absolute atomic E-state index is 12.1. The van der Waals surface area contributed by atoms with Crippen LogP contribution in [0, 0.1) is 10.1 Å². The van der Waals surface area contributed by atoms with Gasteiger partial charge in [0, 0.05) is 24.7 Å². The van der Waals surface area contributed by atoms with Crippen molar-refractivity contribution in [2.45, 2.75) is 25.3 Å². The second-order valence-electron chi connectivity index (χ2n) is 4.64. The average Bonchev–Trinajstić information content (AvgIpc) is 3.20. The van der Waals surface area contributed by atoms with E-state index in [2.05, 4.69) is 0 Å². The van der Waals surface area contributed by atoms with Gasteiger partial charge in [0.05, 0.1) is 18.0 Å². The van der Waals surface area contributed by atoms with Crippen LogP contribution in [-0.4, -0.2) is 40.0 Å². The van der Waals surface area contributed by atoms with E-state index in [1.807, 2.05) is 0 Å². The van der Waals surface area contributed by atoms with Gasteiger partial charge in [0.1, 0.15) is 0 Å². The number of amides is 1. The molecule has 1 aromatic carbocycles. The molecule has 0 aliphatic heterocycles. The van der Waals surface area contributed by atoms with E-state index in [1.165, 1.54) is 12.1 Å². The van der Waals surface area contributed by atoms with Crippen molar-refractivity contribution < 1.29 is 14.8 Å². The van der Waals surface area contributed by atoms with E-state index in [1.54, 1.807) is 17.0 Å². The van der Waals surface area contributed by atoms with Crippen molar-refractivity contribution in [1.29, 1.82) is 0 Å². The summed E-state index contributed by atoms with van der Waals surface area (Å²) in [5, 5.41) is 19.5. The summed E-state index contributed by atoms with van der Waals surface area (Å²) in [6, 6.07) is 6.25. The molecule has 6 nitrogen and oxygen atoms in total. The van der Waals surface area contributed by atoms with Crippen molar-refractivity contribution in [3.63, 3.8) is 0 Å². The summed E-state index contributed by atoms with van der Waals surface area (Å²) in [5.41, 5.74) is 0.768. The van der Waals surface area contributed by atoms with Gasteiger partial charge in [-0.3, -0.25) is 14.9 Å².